The molecule has 0 atom stereocenters. The highest BCUT2D eigenvalue weighted by Crippen LogP contribution is 2.33. The van der Waals surface area contributed by atoms with Crippen molar-refractivity contribution in [2.75, 3.05) is 5.32 Å². The van der Waals surface area contributed by atoms with Gasteiger partial charge in [-0.15, -0.1) is 0 Å². The van der Waals surface area contributed by atoms with Crippen LogP contribution in [0.5, 0.6) is 0 Å². The van der Waals surface area contributed by atoms with Crippen LogP contribution in [0.3, 0.4) is 0 Å². The zero-order chi connectivity index (χ0) is 19.7. The third-order valence-electron chi connectivity index (χ3n) is 3.89. The summed E-state index contributed by atoms with van der Waals surface area (Å²) in [6, 6.07) is 10.7. The minimum absolute atomic E-state index is 0.0797. The number of alkyl halides is 2. The Hall–Kier alpha value is -2.51. The Morgan fingerprint density at radius 1 is 1.19 bits per heavy atom. The first-order valence-corrected chi connectivity index (χ1v) is 8.41. The molecule has 3 rings (SSSR count). The van der Waals surface area contributed by atoms with E-state index in [1.807, 2.05) is 0 Å². The number of benzene rings is 2. The molecule has 140 valence electrons. The van der Waals surface area contributed by atoms with Crippen LogP contribution in [0.1, 0.15) is 22.5 Å². The lowest BCUT2D eigenvalue weighted by Crippen LogP contribution is -2.15. The van der Waals surface area contributed by atoms with Crippen molar-refractivity contribution in [3.05, 3.63) is 69.7 Å². The van der Waals surface area contributed by atoms with E-state index in [9.17, 15) is 18.0 Å². The highest BCUT2D eigenvalue weighted by molar-refractivity contribution is 6.33. The molecule has 3 aromatic rings. The predicted octanol–water partition coefficient (Wildman–Crippen LogP) is 5.72. The SMILES string of the molecule is Cn1nc(Cl)c(C(=O)Nc2ccccc2-c2ccc(F)c(Cl)c2)c1C(F)F. The second-order valence-electron chi connectivity index (χ2n) is 5.60. The van der Waals surface area contributed by atoms with Crippen LogP contribution < -0.4 is 5.32 Å². The Kier molecular flexibility index (Phi) is 5.43. The van der Waals surface area contributed by atoms with Crippen molar-refractivity contribution in [1.82, 2.24) is 9.78 Å². The van der Waals surface area contributed by atoms with E-state index in [-0.39, 0.29) is 10.2 Å². The van der Waals surface area contributed by atoms with E-state index in [4.69, 9.17) is 23.2 Å². The molecule has 0 bridgehead atoms. The van der Waals surface area contributed by atoms with E-state index in [1.165, 1.54) is 25.2 Å². The Balaban J connectivity index is 2.00. The van der Waals surface area contributed by atoms with Crippen LogP contribution in [0.15, 0.2) is 42.5 Å². The van der Waals surface area contributed by atoms with Crippen molar-refractivity contribution in [1.29, 1.82) is 0 Å². The first kappa shape index (κ1) is 19.3. The molecule has 1 aromatic heterocycles. The summed E-state index contributed by atoms with van der Waals surface area (Å²) < 4.78 is 40.8. The number of aromatic nitrogens is 2. The summed E-state index contributed by atoms with van der Waals surface area (Å²) in [5, 5.41) is 5.83. The summed E-state index contributed by atoms with van der Waals surface area (Å²) in [5.41, 5.74) is 0.418. The molecular weight excluding hydrogens is 402 g/mol. The fourth-order valence-corrected chi connectivity index (χ4v) is 3.13. The lowest BCUT2D eigenvalue weighted by molar-refractivity contribution is 0.100. The normalized spacial score (nSPS) is 11.1. The number of nitrogens with one attached hydrogen (secondary N) is 1. The van der Waals surface area contributed by atoms with Gasteiger partial charge in [0.05, 0.1) is 5.02 Å². The molecule has 0 spiro atoms. The minimum atomic E-state index is -2.93. The Labute approximate surface area is 162 Å². The van der Waals surface area contributed by atoms with Crippen molar-refractivity contribution in [2.45, 2.75) is 6.43 Å². The molecule has 2 aromatic carbocycles. The van der Waals surface area contributed by atoms with Gasteiger partial charge in [-0.1, -0.05) is 47.5 Å². The molecular formula is C18H12Cl2F3N3O. The highest BCUT2D eigenvalue weighted by Gasteiger charge is 2.28. The molecule has 4 nitrogen and oxygen atoms in total. The van der Waals surface area contributed by atoms with Gasteiger partial charge in [0.25, 0.3) is 12.3 Å². The number of rotatable bonds is 4. The average molecular weight is 414 g/mol. The lowest BCUT2D eigenvalue weighted by atomic mass is 10.0. The maximum absolute atomic E-state index is 13.4. The monoisotopic (exact) mass is 413 g/mol. The fourth-order valence-electron chi connectivity index (χ4n) is 2.66. The molecule has 9 heteroatoms. The van der Waals surface area contributed by atoms with Gasteiger partial charge in [0, 0.05) is 18.3 Å². The van der Waals surface area contributed by atoms with Gasteiger partial charge < -0.3 is 5.32 Å². The van der Waals surface area contributed by atoms with E-state index in [2.05, 4.69) is 10.4 Å². The molecule has 1 amide bonds. The van der Waals surface area contributed by atoms with Crippen molar-refractivity contribution in [3.63, 3.8) is 0 Å². The molecule has 1 N–H and O–H groups in total. The molecule has 0 fully saturated rings. The molecule has 0 aliphatic carbocycles. The van der Waals surface area contributed by atoms with Gasteiger partial charge in [0.15, 0.2) is 5.15 Å². The van der Waals surface area contributed by atoms with E-state index in [1.54, 1.807) is 24.3 Å². The van der Waals surface area contributed by atoms with Crippen molar-refractivity contribution >= 4 is 34.8 Å². The number of carbonyl (C=O) groups excluding carboxylic acids is 1. The molecule has 0 unspecified atom stereocenters. The van der Waals surface area contributed by atoms with Crippen LogP contribution >= 0.6 is 23.2 Å². The molecule has 0 aliphatic rings. The zero-order valence-corrected chi connectivity index (χ0v) is 15.3. The third-order valence-corrected chi connectivity index (χ3v) is 4.44. The fraction of sp³-hybridized carbons (Fsp3) is 0.111. The molecule has 0 saturated carbocycles. The van der Waals surface area contributed by atoms with Gasteiger partial charge in [-0.05, 0) is 23.8 Å². The average Bonchev–Trinajstić information content (AvgIpc) is 2.92. The third kappa shape index (κ3) is 3.79. The van der Waals surface area contributed by atoms with Crippen LogP contribution in [0.2, 0.25) is 10.2 Å². The number of hydrogen-bond donors (Lipinski definition) is 1. The van der Waals surface area contributed by atoms with Gasteiger partial charge in [0.2, 0.25) is 0 Å². The van der Waals surface area contributed by atoms with Gasteiger partial charge in [0.1, 0.15) is 17.1 Å². The molecule has 1 heterocycles. The van der Waals surface area contributed by atoms with Crippen LogP contribution in [0.25, 0.3) is 11.1 Å². The largest absolute Gasteiger partial charge is 0.321 e. The van der Waals surface area contributed by atoms with Crippen LogP contribution in [-0.2, 0) is 7.05 Å². The Bertz CT molecular complexity index is 1020. The van der Waals surface area contributed by atoms with E-state index in [0.717, 1.165) is 4.68 Å². The van der Waals surface area contributed by atoms with Crippen LogP contribution in [0, 0.1) is 5.82 Å². The quantitative estimate of drug-likeness (QED) is 0.594. The lowest BCUT2D eigenvalue weighted by Gasteiger charge is -2.12. The van der Waals surface area contributed by atoms with Crippen molar-refractivity contribution in [3.8, 4) is 11.1 Å². The second kappa shape index (κ2) is 7.62. The van der Waals surface area contributed by atoms with Gasteiger partial charge in [-0.25, -0.2) is 13.2 Å². The smallest absolute Gasteiger partial charge is 0.280 e. The first-order chi connectivity index (χ1) is 12.8. The van der Waals surface area contributed by atoms with Crippen LogP contribution in [-0.4, -0.2) is 15.7 Å². The van der Waals surface area contributed by atoms with Gasteiger partial charge in [-0.2, -0.15) is 5.10 Å². The highest BCUT2D eigenvalue weighted by atomic mass is 35.5. The Morgan fingerprint density at radius 3 is 2.56 bits per heavy atom. The van der Waals surface area contributed by atoms with E-state index in [0.29, 0.717) is 16.8 Å². The summed E-state index contributed by atoms with van der Waals surface area (Å²) in [7, 11) is 1.28. The molecule has 27 heavy (non-hydrogen) atoms. The molecule has 0 aliphatic heterocycles. The Morgan fingerprint density at radius 2 is 1.89 bits per heavy atom. The van der Waals surface area contributed by atoms with Crippen molar-refractivity contribution < 1.29 is 18.0 Å². The topological polar surface area (TPSA) is 46.9 Å². The summed E-state index contributed by atoms with van der Waals surface area (Å²) in [4.78, 5) is 12.6. The van der Waals surface area contributed by atoms with Gasteiger partial charge >= 0.3 is 0 Å². The van der Waals surface area contributed by atoms with Gasteiger partial charge in [-0.3, -0.25) is 9.48 Å². The number of carbonyl (C=O) groups is 1. The standard InChI is InChI=1S/C18H12Cl2F3N3O/c1-26-15(17(22)23)14(16(20)25-26)18(27)24-13-5-3-2-4-10(13)9-6-7-12(21)11(19)8-9/h2-8,17H,1H3,(H,24,27). The van der Waals surface area contributed by atoms with Crippen LogP contribution in [0.4, 0.5) is 18.9 Å². The maximum atomic E-state index is 13.4. The number of hydrogen-bond acceptors (Lipinski definition) is 2. The minimum Gasteiger partial charge on any atom is -0.321 e. The van der Waals surface area contributed by atoms with E-state index < -0.39 is 29.4 Å². The number of halogens is 5. The number of nitrogens with zero attached hydrogens (tertiary/aromatic N) is 2. The first-order valence-electron chi connectivity index (χ1n) is 7.66. The maximum Gasteiger partial charge on any atom is 0.280 e. The number of amides is 1. The summed E-state index contributed by atoms with van der Waals surface area (Å²) in [6.07, 6.45) is -2.93. The number of aryl methyl sites for hydroxylation is 1. The van der Waals surface area contributed by atoms with E-state index >= 15 is 0 Å². The number of anilines is 1. The summed E-state index contributed by atoms with van der Waals surface area (Å²) in [5.74, 6) is -1.41. The zero-order valence-electron chi connectivity index (χ0n) is 13.8. The summed E-state index contributed by atoms with van der Waals surface area (Å²) in [6.45, 7) is 0. The number of para-hydroxylation sites is 1. The predicted molar refractivity (Wildman–Crippen MR) is 98.0 cm³/mol. The van der Waals surface area contributed by atoms with Crippen molar-refractivity contribution in [2.24, 2.45) is 7.05 Å². The summed E-state index contributed by atoms with van der Waals surface area (Å²) >= 11 is 11.7. The molecule has 0 radical (unpaired) electrons. The molecule has 0 saturated heterocycles. The second-order valence-corrected chi connectivity index (χ2v) is 6.37.